The van der Waals surface area contributed by atoms with Gasteiger partial charge in [0.2, 0.25) is 5.91 Å². The number of amides is 1. The fraction of sp³-hybridized carbons (Fsp3) is 0.400. The molecule has 3 atom stereocenters. The second-order valence-corrected chi connectivity index (χ2v) is 6.25. The van der Waals surface area contributed by atoms with E-state index in [1.165, 1.54) is 0 Å². The Balaban J connectivity index is 1.75. The average Bonchev–Trinajstić information content (AvgIpc) is 2.96. The third-order valence-corrected chi connectivity index (χ3v) is 4.57. The van der Waals surface area contributed by atoms with Crippen molar-refractivity contribution in [3.63, 3.8) is 0 Å². The first kappa shape index (κ1) is 12.0. The molecule has 18 heavy (non-hydrogen) atoms. The molecule has 3 unspecified atom stereocenters. The van der Waals surface area contributed by atoms with E-state index in [4.69, 9.17) is 0 Å². The maximum atomic E-state index is 12.3. The summed E-state index contributed by atoms with van der Waals surface area (Å²) < 4.78 is 0.997. The number of carbonyl (C=O) groups is 1. The minimum atomic E-state index is 0.165. The van der Waals surface area contributed by atoms with E-state index in [1.807, 2.05) is 25.1 Å². The predicted molar refractivity (Wildman–Crippen MR) is 76.4 cm³/mol. The van der Waals surface area contributed by atoms with Crippen LogP contribution < -0.4 is 5.32 Å². The number of nitrogens with one attached hydrogen (secondary N) is 1. The molecule has 0 saturated heterocycles. The molecule has 1 saturated carbocycles. The van der Waals surface area contributed by atoms with E-state index in [9.17, 15) is 4.79 Å². The number of hydrogen-bond acceptors (Lipinski definition) is 1. The van der Waals surface area contributed by atoms with Crippen molar-refractivity contribution in [2.45, 2.75) is 19.8 Å². The fourth-order valence-corrected chi connectivity index (χ4v) is 3.40. The molecule has 3 heteroatoms. The number of anilines is 1. The third-order valence-electron chi connectivity index (χ3n) is 4.07. The Morgan fingerprint density at radius 2 is 2.17 bits per heavy atom. The summed E-state index contributed by atoms with van der Waals surface area (Å²) >= 11 is 3.44. The predicted octanol–water partition coefficient (Wildman–Crippen LogP) is 3.91. The van der Waals surface area contributed by atoms with Crippen LogP contribution in [0.15, 0.2) is 34.8 Å². The highest BCUT2D eigenvalue weighted by molar-refractivity contribution is 9.10. The summed E-state index contributed by atoms with van der Waals surface area (Å²) in [6.07, 6.45) is 6.65. The summed E-state index contributed by atoms with van der Waals surface area (Å²) in [5, 5.41) is 3.08. The molecule has 1 fully saturated rings. The van der Waals surface area contributed by atoms with Gasteiger partial charge in [-0.05, 0) is 49.3 Å². The second-order valence-electron chi connectivity index (χ2n) is 5.34. The largest absolute Gasteiger partial charge is 0.326 e. The molecular weight excluding hydrogens is 290 g/mol. The lowest BCUT2D eigenvalue weighted by molar-refractivity contribution is -0.120. The Kier molecular flexibility index (Phi) is 3.02. The van der Waals surface area contributed by atoms with Crippen molar-refractivity contribution in [3.8, 4) is 0 Å². The molecule has 2 aliphatic carbocycles. The standard InChI is InChI=1S/C15H16BrNO/c1-9-2-5-12(16)8-14(9)17-15(18)13-7-10-3-4-11(13)6-10/h2-5,8,10-11,13H,6-7H2,1H3,(H,17,18). The molecular formula is C15H16BrNO. The smallest absolute Gasteiger partial charge is 0.228 e. The van der Waals surface area contributed by atoms with Gasteiger partial charge >= 0.3 is 0 Å². The average molecular weight is 306 g/mol. The zero-order valence-corrected chi connectivity index (χ0v) is 11.9. The Bertz CT molecular complexity index is 523. The number of halogens is 1. The van der Waals surface area contributed by atoms with Gasteiger partial charge in [-0.2, -0.15) is 0 Å². The topological polar surface area (TPSA) is 29.1 Å². The van der Waals surface area contributed by atoms with Crippen molar-refractivity contribution in [3.05, 3.63) is 40.4 Å². The summed E-state index contributed by atoms with van der Waals surface area (Å²) in [4.78, 5) is 12.3. The zero-order valence-electron chi connectivity index (χ0n) is 10.3. The Hall–Kier alpha value is -1.09. The molecule has 0 heterocycles. The van der Waals surface area contributed by atoms with Gasteiger partial charge in [0, 0.05) is 16.1 Å². The maximum absolute atomic E-state index is 12.3. The number of rotatable bonds is 2. The summed E-state index contributed by atoms with van der Waals surface area (Å²) in [7, 11) is 0. The molecule has 0 aromatic heterocycles. The van der Waals surface area contributed by atoms with Gasteiger partial charge in [0.1, 0.15) is 0 Å². The maximum Gasteiger partial charge on any atom is 0.228 e. The second kappa shape index (κ2) is 4.54. The van der Waals surface area contributed by atoms with E-state index in [0.717, 1.165) is 28.6 Å². The number of benzene rings is 1. The molecule has 1 N–H and O–H groups in total. The number of fused-ring (bicyclic) bond motifs is 2. The van der Waals surface area contributed by atoms with Crippen molar-refractivity contribution in [2.75, 3.05) is 5.32 Å². The fourth-order valence-electron chi connectivity index (χ4n) is 3.04. The third kappa shape index (κ3) is 2.12. The highest BCUT2D eigenvalue weighted by Gasteiger charge is 2.39. The van der Waals surface area contributed by atoms with Crippen molar-refractivity contribution >= 4 is 27.5 Å². The number of allylic oxidation sites excluding steroid dienone is 2. The summed E-state index contributed by atoms with van der Waals surface area (Å²) in [5.74, 6) is 1.43. The normalized spacial score (nSPS) is 28.7. The summed E-state index contributed by atoms with van der Waals surface area (Å²) in [6.45, 7) is 2.02. The molecule has 0 radical (unpaired) electrons. The van der Waals surface area contributed by atoms with Gasteiger partial charge in [-0.1, -0.05) is 34.1 Å². The van der Waals surface area contributed by atoms with Gasteiger partial charge in [0.25, 0.3) is 0 Å². The Labute approximate surface area is 116 Å². The van der Waals surface area contributed by atoms with E-state index in [2.05, 4.69) is 33.4 Å². The first-order valence-electron chi connectivity index (χ1n) is 6.39. The SMILES string of the molecule is Cc1ccc(Br)cc1NC(=O)C1CC2C=CC1C2. The van der Waals surface area contributed by atoms with Crippen LogP contribution in [0.4, 0.5) is 5.69 Å². The van der Waals surface area contributed by atoms with Crippen molar-refractivity contribution in [2.24, 2.45) is 17.8 Å². The van der Waals surface area contributed by atoms with Crippen LogP contribution in [-0.4, -0.2) is 5.91 Å². The monoisotopic (exact) mass is 305 g/mol. The number of aryl methyl sites for hydroxylation is 1. The Morgan fingerprint density at radius 3 is 2.83 bits per heavy atom. The van der Waals surface area contributed by atoms with Crippen LogP contribution in [0.5, 0.6) is 0 Å². The Morgan fingerprint density at radius 1 is 1.33 bits per heavy atom. The van der Waals surface area contributed by atoms with Crippen LogP contribution in [0.3, 0.4) is 0 Å². The van der Waals surface area contributed by atoms with Crippen LogP contribution in [0, 0.1) is 24.7 Å². The molecule has 2 bridgehead atoms. The van der Waals surface area contributed by atoms with E-state index >= 15 is 0 Å². The molecule has 0 spiro atoms. The lowest BCUT2D eigenvalue weighted by Gasteiger charge is -2.18. The number of hydrogen-bond donors (Lipinski definition) is 1. The summed E-state index contributed by atoms with van der Waals surface area (Å²) in [5.41, 5.74) is 2.02. The lowest BCUT2D eigenvalue weighted by Crippen LogP contribution is -2.26. The molecule has 1 aromatic rings. The van der Waals surface area contributed by atoms with Gasteiger partial charge in [-0.15, -0.1) is 0 Å². The van der Waals surface area contributed by atoms with Gasteiger partial charge in [-0.25, -0.2) is 0 Å². The van der Waals surface area contributed by atoms with E-state index in [0.29, 0.717) is 11.8 Å². The quantitative estimate of drug-likeness (QED) is 0.825. The minimum absolute atomic E-state index is 0.165. The highest BCUT2D eigenvalue weighted by Crippen LogP contribution is 2.43. The molecule has 2 aliphatic rings. The first-order valence-corrected chi connectivity index (χ1v) is 7.18. The molecule has 94 valence electrons. The number of carbonyl (C=O) groups excluding carboxylic acids is 1. The minimum Gasteiger partial charge on any atom is -0.326 e. The van der Waals surface area contributed by atoms with E-state index < -0.39 is 0 Å². The zero-order chi connectivity index (χ0) is 12.7. The van der Waals surface area contributed by atoms with Crippen LogP contribution in [0.25, 0.3) is 0 Å². The van der Waals surface area contributed by atoms with Gasteiger partial charge < -0.3 is 5.32 Å². The molecule has 3 rings (SSSR count). The molecule has 1 amide bonds. The highest BCUT2D eigenvalue weighted by atomic mass is 79.9. The van der Waals surface area contributed by atoms with Gasteiger partial charge in [0.05, 0.1) is 0 Å². The van der Waals surface area contributed by atoms with Crippen LogP contribution in [0.2, 0.25) is 0 Å². The van der Waals surface area contributed by atoms with Crippen molar-refractivity contribution < 1.29 is 4.79 Å². The van der Waals surface area contributed by atoms with Crippen molar-refractivity contribution in [1.82, 2.24) is 0 Å². The molecule has 1 aromatic carbocycles. The van der Waals surface area contributed by atoms with Gasteiger partial charge in [0.15, 0.2) is 0 Å². The van der Waals surface area contributed by atoms with Crippen LogP contribution >= 0.6 is 15.9 Å². The van der Waals surface area contributed by atoms with Crippen LogP contribution in [-0.2, 0) is 4.79 Å². The van der Waals surface area contributed by atoms with Crippen LogP contribution in [0.1, 0.15) is 18.4 Å². The van der Waals surface area contributed by atoms with E-state index in [-0.39, 0.29) is 11.8 Å². The first-order chi connectivity index (χ1) is 8.63. The lowest BCUT2D eigenvalue weighted by atomic mass is 9.92. The summed E-state index contributed by atoms with van der Waals surface area (Å²) in [6, 6.07) is 5.97. The molecule has 2 nitrogen and oxygen atoms in total. The van der Waals surface area contributed by atoms with Gasteiger partial charge in [-0.3, -0.25) is 4.79 Å². The van der Waals surface area contributed by atoms with Crippen molar-refractivity contribution in [1.29, 1.82) is 0 Å². The molecule has 0 aliphatic heterocycles. The van der Waals surface area contributed by atoms with E-state index in [1.54, 1.807) is 0 Å².